The predicted molar refractivity (Wildman–Crippen MR) is 44.7 cm³/mol. The molecule has 0 bridgehead atoms. The third kappa shape index (κ3) is 6.31. The first-order valence-electron chi connectivity index (χ1n) is 3.75. The highest BCUT2D eigenvalue weighted by Gasteiger charge is 2.13. The van der Waals surface area contributed by atoms with Crippen LogP contribution in [0.2, 0.25) is 0 Å². The first-order valence-corrected chi connectivity index (χ1v) is 6.04. The van der Waals surface area contributed by atoms with Crippen LogP contribution in [0.4, 0.5) is 0 Å². The van der Waals surface area contributed by atoms with E-state index in [9.17, 15) is 4.57 Å². The van der Waals surface area contributed by atoms with Gasteiger partial charge in [0.15, 0.2) is 7.37 Å². The van der Waals surface area contributed by atoms with Crippen molar-refractivity contribution in [3.8, 4) is 0 Å². The maximum Gasteiger partial charge on any atom is 0.197 e. The molecule has 0 aliphatic carbocycles. The van der Waals surface area contributed by atoms with Crippen LogP contribution >= 0.6 is 7.37 Å². The van der Waals surface area contributed by atoms with Gasteiger partial charge in [-0.05, 0) is 5.92 Å². The topological polar surface area (TPSA) is 37.3 Å². The van der Waals surface area contributed by atoms with Crippen LogP contribution in [0.15, 0.2) is 0 Å². The summed E-state index contributed by atoms with van der Waals surface area (Å²) < 4.78 is 10.9. The highest BCUT2D eigenvalue weighted by Crippen LogP contribution is 2.38. The highest BCUT2D eigenvalue weighted by atomic mass is 31.2. The van der Waals surface area contributed by atoms with Gasteiger partial charge >= 0.3 is 0 Å². The molecule has 10 heavy (non-hydrogen) atoms. The molecule has 0 aromatic carbocycles. The fraction of sp³-hybridized carbons (Fsp3) is 1.00. The minimum atomic E-state index is -2.75. The van der Waals surface area contributed by atoms with E-state index in [-0.39, 0.29) is 0 Å². The predicted octanol–water partition coefficient (Wildman–Crippen LogP) is 2.32. The van der Waals surface area contributed by atoms with Crippen LogP contribution in [0.3, 0.4) is 0 Å². The fourth-order valence-electron chi connectivity index (χ4n) is 1.16. The zero-order valence-corrected chi connectivity index (χ0v) is 7.90. The van der Waals surface area contributed by atoms with Gasteiger partial charge < -0.3 is 4.89 Å². The highest BCUT2D eigenvalue weighted by molar-refractivity contribution is 7.57. The van der Waals surface area contributed by atoms with E-state index in [1.54, 1.807) is 0 Å². The van der Waals surface area contributed by atoms with Gasteiger partial charge in [0.1, 0.15) is 0 Å². The molecule has 1 unspecified atom stereocenters. The van der Waals surface area contributed by atoms with E-state index in [1.165, 1.54) is 6.66 Å². The van der Waals surface area contributed by atoms with Crippen molar-refractivity contribution in [1.29, 1.82) is 0 Å². The second kappa shape index (κ2) is 4.15. The van der Waals surface area contributed by atoms with Crippen LogP contribution < -0.4 is 0 Å². The summed E-state index contributed by atoms with van der Waals surface area (Å²) in [6.07, 6.45) is 2.63. The zero-order chi connectivity index (χ0) is 8.20. The molecule has 0 aliphatic rings. The second-order valence-electron chi connectivity index (χ2n) is 3.13. The summed E-state index contributed by atoms with van der Waals surface area (Å²) >= 11 is 0. The molecule has 0 fully saturated rings. The minimum Gasteiger partial charge on any atom is -0.344 e. The van der Waals surface area contributed by atoms with Gasteiger partial charge in [0.05, 0.1) is 0 Å². The summed E-state index contributed by atoms with van der Waals surface area (Å²) in [5.41, 5.74) is 0. The van der Waals surface area contributed by atoms with Crippen molar-refractivity contribution in [2.24, 2.45) is 5.92 Å². The SMILES string of the molecule is CCC[C@@H](C)CP(C)(=O)O. The molecule has 1 N–H and O–H groups in total. The molecule has 0 radical (unpaired) electrons. The van der Waals surface area contributed by atoms with E-state index < -0.39 is 7.37 Å². The molecule has 0 rings (SSSR count). The molecule has 0 spiro atoms. The summed E-state index contributed by atoms with van der Waals surface area (Å²) in [5.74, 6) is 0.394. The van der Waals surface area contributed by atoms with Crippen LogP contribution in [0.5, 0.6) is 0 Å². The number of hydrogen-bond acceptors (Lipinski definition) is 1. The van der Waals surface area contributed by atoms with E-state index in [0.29, 0.717) is 12.1 Å². The average molecular weight is 164 g/mol. The maximum atomic E-state index is 10.9. The van der Waals surface area contributed by atoms with Crippen molar-refractivity contribution >= 4 is 7.37 Å². The lowest BCUT2D eigenvalue weighted by Gasteiger charge is -2.11. The monoisotopic (exact) mass is 164 g/mol. The van der Waals surface area contributed by atoms with E-state index in [0.717, 1.165) is 12.8 Å². The van der Waals surface area contributed by atoms with Crippen molar-refractivity contribution in [2.45, 2.75) is 26.7 Å². The molecule has 2 atom stereocenters. The summed E-state index contributed by atoms with van der Waals surface area (Å²) in [6.45, 7) is 5.55. The lowest BCUT2D eigenvalue weighted by molar-refractivity contribution is 0.464. The molecule has 0 heterocycles. The lowest BCUT2D eigenvalue weighted by Crippen LogP contribution is -2.00. The van der Waals surface area contributed by atoms with Gasteiger partial charge in [-0.2, -0.15) is 0 Å². The molecule has 3 heteroatoms. The number of hydrogen-bond donors (Lipinski definition) is 1. The van der Waals surface area contributed by atoms with E-state index >= 15 is 0 Å². The molecule has 2 nitrogen and oxygen atoms in total. The van der Waals surface area contributed by atoms with Crippen molar-refractivity contribution in [3.05, 3.63) is 0 Å². The first-order chi connectivity index (χ1) is 4.45. The Hall–Kier alpha value is 0.190. The third-order valence-electron chi connectivity index (χ3n) is 1.43. The normalized spacial score (nSPS) is 20.0. The Kier molecular flexibility index (Phi) is 4.23. The van der Waals surface area contributed by atoms with E-state index in [2.05, 4.69) is 6.92 Å². The van der Waals surface area contributed by atoms with Crippen molar-refractivity contribution in [2.75, 3.05) is 12.8 Å². The third-order valence-corrected chi connectivity index (χ3v) is 2.73. The van der Waals surface area contributed by atoms with Crippen LogP contribution in [0.1, 0.15) is 26.7 Å². The summed E-state index contributed by atoms with van der Waals surface area (Å²) in [5, 5.41) is 0. The zero-order valence-electron chi connectivity index (χ0n) is 7.00. The van der Waals surface area contributed by atoms with Gasteiger partial charge in [0.2, 0.25) is 0 Å². The van der Waals surface area contributed by atoms with Gasteiger partial charge in [0, 0.05) is 12.8 Å². The quantitative estimate of drug-likeness (QED) is 0.647. The molecule has 0 aromatic rings. The smallest absolute Gasteiger partial charge is 0.197 e. The standard InChI is InChI=1S/C7H17O2P/c1-4-5-7(2)6-10(3,8)9/h7H,4-6H2,1-3H3,(H,8,9)/t7-/m1/s1. The minimum absolute atomic E-state index is 0.394. The average Bonchev–Trinajstić information content (AvgIpc) is 1.59. The van der Waals surface area contributed by atoms with Crippen LogP contribution in [-0.4, -0.2) is 17.7 Å². The summed E-state index contributed by atoms with van der Waals surface area (Å²) in [6, 6.07) is 0. The molecular formula is C7H17O2P. The fourth-order valence-corrected chi connectivity index (χ4v) is 2.50. The van der Waals surface area contributed by atoms with E-state index in [4.69, 9.17) is 4.89 Å². The van der Waals surface area contributed by atoms with Crippen LogP contribution in [0, 0.1) is 5.92 Å². The van der Waals surface area contributed by atoms with Crippen LogP contribution in [-0.2, 0) is 4.57 Å². The van der Waals surface area contributed by atoms with Gasteiger partial charge in [-0.25, -0.2) is 0 Å². The summed E-state index contributed by atoms with van der Waals surface area (Å²) in [7, 11) is -2.75. The van der Waals surface area contributed by atoms with Gasteiger partial charge in [-0.3, -0.25) is 4.57 Å². The maximum absolute atomic E-state index is 10.9. The Labute approximate surface area is 63.1 Å². The molecule has 0 saturated carbocycles. The second-order valence-corrected chi connectivity index (χ2v) is 5.59. The van der Waals surface area contributed by atoms with Crippen LogP contribution in [0.25, 0.3) is 0 Å². The molecule has 0 aromatic heterocycles. The van der Waals surface area contributed by atoms with Crippen molar-refractivity contribution in [3.63, 3.8) is 0 Å². The molecule has 0 aliphatic heterocycles. The van der Waals surface area contributed by atoms with Crippen molar-refractivity contribution in [1.82, 2.24) is 0 Å². The molecule has 62 valence electrons. The Bertz CT molecular complexity index is 128. The lowest BCUT2D eigenvalue weighted by atomic mass is 10.1. The first kappa shape index (κ1) is 10.2. The largest absolute Gasteiger partial charge is 0.344 e. The summed E-state index contributed by atoms with van der Waals surface area (Å²) in [4.78, 5) is 8.97. The Morgan fingerprint density at radius 1 is 1.60 bits per heavy atom. The Morgan fingerprint density at radius 3 is 2.40 bits per heavy atom. The van der Waals surface area contributed by atoms with Gasteiger partial charge in [0.25, 0.3) is 0 Å². The van der Waals surface area contributed by atoms with Gasteiger partial charge in [-0.15, -0.1) is 0 Å². The molecule has 0 saturated heterocycles. The Balaban J connectivity index is 3.58. The van der Waals surface area contributed by atoms with Crippen molar-refractivity contribution < 1.29 is 9.46 Å². The Morgan fingerprint density at radius 2 is 2.10 bits per heavy atom. The molecule has 0 amide bonds. The number of rotatable bonds is 4. The molecular weight excluding hydrogens is 147 g/mol. The van der Waals surface area contributed by atoms with Gasteiger partial charge in [-0.1, -0.05) is 26.7 Å². The van der Waals surface area contributed by atoms with E-state index in [1.807, 2.05) is 6.92 Å².